The van der Waals surface area contributed by atoms with Crippen LogP contribution in [0.3, 0.4) is 0 Å². The van der Waals surface area contributed by atoms with Gasteiger partial charge in [0.25, 0.3) is 0 Å². The predicted molar refractivity (Wildman–Crippen MR) is 76.3 cm³/mol. The molecule has 0 atom stereocenters. The Morgan fingerprint density at radius 3 is 2.72 bits per heavy atom. The van der Waals surface area contributed by atoms with Crippen LogP contribution in [-0.2, 0) is 6.42 Å². The molecule has 0 aliphatic heterocycles. The van der Waals surface area contributed by atoms with E-state index in [4.69, 9.17) is 4.74 Å². The van der Waals surface area contributed by atoms with Gasteiger partial charge in [-0.1, -0.05) is 19.8 Å². The zero-order valence-electron chi connectivity index (χ0n) is 11.2. The first-order chi connectivity index (χ1) is 8.67. The molecule has 0 radical (unpaired) electrons. The Hall–Kier alpha value is -1.09. The predicted octanol–water partition coefficient (Wildman–Crippen LogP) is 5.09. The Morgan fingerprint density at radius 2 is 2.06 bits per heavy atom. The summed E-state index contributed by atoms with van der Waals surface area (Å²) in [7, 11) is 1.62. The Morgan fingerprint density at radius 1 is 1.28 bits per heavy atom. The van der Waals surface area contributed by atoms with Crippen LogP contribution in [0.15, 0.2) is 12.1 Å². The molecule has 1 nitrogen and oxygen atoms in total. The van der Waals surface area contributed by atoms with Crippen molar-refractivity contribution in [2.24, 2.45) is 0 Å². The summed E-state index contributed by atoms with van der Waals surface area (Å²) in [6.45, 7) is 4.16. The highest BCUT2D eigenvalue weighted by molar-refractivity contribution is 7.19. The third kappa shape index (κ3) is 2.51. The first-order valence-corrected chi connectivity index (χ1v) is 7.24. The maximum absolute atomic E-state index is 14.5. The fourth-order valence-corrected chi connectivity index (χ4v) is 3.20. The molecule has 1 heterocycles. The van der Waals surface area contributed by atoms with E-state index in [1.165, 1.54) is 0 Å². The van der Waals surface area contributed by atoms with E-state index in [-0.39, 0.29) is 5.82 Å². The maximum atomic E-state index is 14.5. The largest absolute Gasteiger partial charge is 0.496 e. The van der Waals surface area contributed by atoms with E-state index in [9.17, 15) is 4.39 Å². The molecular weight excluding hydrogens is 247 g/mol. The number of benzene rings is 1. The van der Waals surface area contributed by atoms with E-state index >= 15 is 0 Å². The molecule has 2 rings (SSSR count). The van der Waals surface area contributed by atoms with Gasteiger partial charge in [0.2, 0.25) is 0 Å². The van der Waals surface area contributed by atoms with Crippen LogP contribution in [0, 0.1) is 12.7 Å². The average molecular weight is 266 g/mol. The van der Waals surface area contributed by atoms with Crippen molar-refractivity contribution in [2.45, 2.75) is 39.5 Å². The zero-order valence-corrected chi connectivity index (χ0v) is 12.0. The van der Waals surface area contributed by atoms with Crippen molar-refractivity contribution in [3.05, 3.63) is 28.4 Å². The Labute approximate surface area is 112 Å². The summed E-state index contributed by atoms with van der Waals surface area (Å²) in [5.74, 6) is 0.600. The lowest BCUT2D eigenvalue weighted by Crippen LogP contribution is -1.97. The van der Waals surface area contributed by atoms with Gasteiger partial charge in [0.15, 0.2) is 0 Å². The Bertz CT molecular complexity index is 545. The smallest absolute Gasteiger partial charge is 0.138 e. The summed E-state index contributed by atoms with van der Waals surface area (Å²) < 4.78 is 20.8. The highest BCUT2D eigenvalue weighted by Crippen LogP contribution is 2.35. The minimum absolute atomic E-state index is 0.0928. The number of rotatable bonds is 5. The van der Waals surface area contributed by atoms with Crippen molar-refractivity contribution in [3.63, 3.8) is 0 Å². The number of ether oxygens (including phenoxy) is 1. The molecule has 0 aliphatic rings. The Kier molecular flexibility index (Phi) is 4.23. The highest BCUT2D eigenvalue weighted by Gasteiger charge is 2.15. The summed E-state index contributed by atoms with van der Waals surface area (Å²) in [5, 5.41) is 0.741. The average Bonchev–Trinajstić information content (AvgIpc) is 2.73. The van der Waals surface area contributed by atoms with Crippen LogP contribution >= 0.6 is 11.3 Å². The lowest BCUT2D eigenvalue weighted by molar-refractivity contribution is 0.405. The van der Waals surface area contributed by atoms with Gasteiger partial charge in [-0.2, -0.15) is 0 Å². The molecule has 0 fully saturated rings. The van der Waals surface area contributed by atoms with Gasteiger partial charge >= 0.3 is 0 Å². The van der Waals surface area contributed by atoms with Gasteiger partial charge in [-0.05, 0) is 31.9 Å². The van der Waals surface area contributed by atoms with Gasteiger partial charge in [0.05, 0.1) is 7.11 Å². The number of thiophene rings is 1. The quantitative estimate of drug-likeness (QED) is 0.685. The molecule has 0 saturated carbocycles. The fourth-order valence-electron chi connectivity index (χ4n) is 2.25. The van der Waals surface area contributed by atoms with E-state index in [0.717, 1.165) is 46.2 Å². The first kappa shape index (κ1) is 13.3. The topological polar surface area (TPSA) is 9.23 Å². The molecule has 0 N–H and O–H groups in total. The molecule has 1 aromatic heterocycles. The van der Waals surface area contributed by atoms with Crippen molar-refractivity contribution in [1.29, 1.82) is 0 Å². The molecule has 18 heavy (non-hydrogen) atoms. The van der Waals surface area contributed by atoms with Crippen molar-refractivity contribution < 1.29 is 9.13 Å². The van der Waals surface area contributed by atoms with E-state index in [2.05, 4.69) is 6.92 Å². The second-order valence-electron chi connectivity index (χ2n) is 4.60. The monoisotopic (exact) mass is 266 g/mol. The summed E-state index contributed by atoms with van der Waals surface area (Å²) in [6.07, 6.45) is 4.04. The van der Waals surface area contributed by atoms with Crippen LogP contribution in [-0.4, -0.2) is 7.11 Å². The van der Waals surface area contributed by atoms with Crippen molar-refractivity contribution in [2.75, 3.05) is 7.11 Å². The second-order valence-corrected chi connectivity index (χ2v) is 5.89. The van der Waals surface area contributed by atoms with E-state index < -0.39 is 0 Å². The zero-order chi connectivity index (χ0) is 13.1. The van der Waals surface area contributed by atoms with Crippen molar-refractivity contribution in [1.82, 2.24) is 0 Å². The number of aryl methyl sites for hydroxylation is 1. The van der Waals surface area contributed by atoms with E-state index in [0.29, 0.717) is 5.75 Å². The van der Waals surface area contributed by atoms with Crippen LogP contribution < -0.4 is 4.74 Å². The number of hydrogen-bond acceptors (Lipinski definition) is 2. The molecule has 2 aromatic rings. The standard InChI is InChI=1S/C15H19FOS/c1-4-5-6-7-11-13(17-3)9-14-12(15(11)16)8-10(2)18-14/h8-9H,4-7H2,1-3H3. The molecule has 3 heteroatoms. The third-order valence-electron chi connectivity index (χ3n) is 3.20. The van der Waals surface area contributed by atoms with Gasteiger partial charge in [0, 0.05) is 20.5 Å². The van der Waals surface area contributed by atoms with Gasteiger partial charge in [0.1, 0.15) is 11.6 Å². The van der Waals surface area contributed by atoms with Gasteiger partial charge in [-0.25, -0.2) is 4.39 Å². The fraction of sp³-hybridized carbons (Fsp3) is 0.467. The molecule has 98 valence electrons. The van der Waals surface area contributed by atoms with E-state index in [1.54, 1.807) is 18.4 Å². The van der Waals surface area contributed by atoms with Crippen LogP contribution in [0.1, 0.15) is 36.6 Å². The molecule has 0 aliphatic carbocycles. The lowest BCUT2D eigenvalue weighted by Gasteiger charge is -2.10. The molecule has 0 amide bonds. The summed E-state index contributed by atoms with van der Waals surface area (Å²) >= 11 is 1.61. The summed E-state index contributed by atoms with van der Waals surface area (Å²) in [6, 6.07) is 3.90. The molecule has 0 saturated heterocycles. The van der Waals surface area contributed by atoms with Crippen LogP contribution in [0.2, 0.25) is 0 Å². The SMILES string of the molecule is CCCCCc1c(OC)cc2sc(C)cc2c1F. The second kappa shape index (κ2) is 5.70. The van der Waals surface area contributed by atoms with Crippen LogP contribution in [0.4, 0.5) is 4.39 Å². The Balaban J connectivity index is 2.44. The van der Waals surface area contributed by atoms with Crippen LogP contribution in [0.5, 0.6) is 5.75 Å². The molecule has 0 spiro atoms. The highest BCUT2D eigenvalue weighted by atomic mass is 32.1. The number of hydrogen-bond donors (Lipinski definition) is 0. The number of fused-ring (bicyclic) bond motifs is 1. The number of unbranched alkanes of at least 4 members (excludes halogenated alkanes) is 2. The number of methoxy groups -OCH3 is 1. The first-order valence-electron chi connectivity index (χ1n) is 6.42. The van der Waals surface area contributed by atoms with Crippen LogP contribution in [0.25, 0.3) is 10.1 Å². The minimum atomic E-state index is -0.0928. The molecule has 1 aromatic carbocycles. The van der Waals surface area contributed by atoms with Gasteiger partial charge in [-0.15, -0.1) is 11.3 Å². The molecule has 0 bridgehead atoms. The van der Waals surface area contributed by atoms with Gasteiger partial charge in [-0.3, -0.25) is 0 Å². The molecular formula is C15H19FOS. The normalized spacial score (nSPS) is 11.1. The van der Waals surface area contributed by atoms with E-state index in [1.807, 2.05) is 19.1 Å². The third-order valence-corrected chi connectivity index (χ3v) is 4.19. The van der Waals surface area contributed by atoms with Gasteiger partial charge < -0.3 is 4.74 Å². The summed E-state index contributed by atoms with van der Waals surface area (Å²) in [4.78, 5) is 1.14. The molecule has 0 unspecified atom stereocenters. The number of halogens is 1. The minimum Gasteiger partial charge on any atom is -0.496 e. The lowest BCUT2D eigenvalue weighted by atomic mass is 10.0. The summed E-state index contributed by atoms with van der Waals surface area (Å²) in [5.41, 5.74) is 0.733. The van der Waals surface area contributed by atoms with Crippen molar-refractivity contribution >= 4 is 21.4 Å². The maximum Gasteiger partial charge on any atom is 0.138 e. The van der Waals surface area contributed by atoms with Crippen molar-refractivity contribution in [3.8, 4) is 5.75 Å².